The van der Waals surface area contributed by atoms with Crippen molar-refractivity contribution in [3.05, 3.63) is 229 Å². The number of hydrogen-bond donors (Lipinski definition) is 0. The second-order valence-corrected chi connectivity index (χ2v) is 14.0. The van der Waals surface area contributed by atoms with Crippen molar-refractivity contribution in [1.82, 2.24) is 0 Å². The van der Waals surface area contributed by atoms with Gasteiger partial charge in [0.05, 0.1) is 0 Å². The maximum absolute atomic E-state index is 6.34. The summed E-state index contributed by atoms with van der Waals surface area (Å²) in [6.45, 7) is 0. The van der Waals surface area contributed by atoms with Gasteiger partial charge in [0.15, 0.2) is 0 Å². The highest BCUT2D eigenvalue weighted by Gasteiger charge is 2.20. The SMILES string of the molecule is c1ccc(-c2ccc(-c3ccc(C(c4ccc(-c5ccc(-c6cccc7c6oc6ccccc67)cc5)cc4)c4cccc5ccccc45)cc3)cc2)cc1. The van der Waals surface area contributed by atoms with E-state index in [1.807, 2.05) is 12.1 Å². The average Bonchev–Trinajstić information content (AvgIpc) is 3.64. The minimum atomic E-state index is 0.0753. The summed E-state index contributed by atoms with van der Waals surface area (Å²) in [5.41, 5.74) is 15.2. The molecule has 1 aromatic heterocycles. The number of rotatable bonds is 7. The predicted molar refractivity (Wildman–Crippen MR) is 227 cm³/mol. The lowest BCUT2D eigenvalue weighted by molar-refractivity contribution is 0.670. The van der Waals surface area contributed by atoms with Gasteiger partial charge in [-0.15, -0.1) is 0 Å². The molecule has 0 radical (unpaired) electrons. The largest absolute Gasteiger partial charge is 0.455 e. The van der Waals surface area contributed by atoms with Crippen LogP contribution in [0.2, 0.25) is 0 Å². The van der Waals surface area contributed by atoms with E-state index in [0.717, 1.165) is 33.1 Å². The Kier molecular flexibility index (Phi) is 7.96. The Balaban J connectivity index is 0.976. The van der Waals surface area contributed by atoms with Crippen LogP contribution in [-0.2, 0) is 0 Å². The van der Waals surface area contributed by atoms with Crippen LogP contribution in [0.25, 0.3) is 77.2 Å². The Hall–Kier alpha value is -6.96. The van der Waals surface area contributed by atoms with Crippen LogP contribution in [0, 0.1) is 0 Å². The summed E-state index contributed by atoms with van der Waals surface area (Å²) in [5.74, 6) is 0.0753. The molecule has 1 nitrogen and oxygen atoms in total. The third kappa shape index (κ3) is 5.77. The number of hydrogen-bond acceptors (Lipinski definition) is 1. The quantitative estimate of drug-likeness (QED) is 0.152. The maximum atomic E-state index is 6.34. The first-order valence-electron chi connectivity index (χ1n) is 18.6. The standard InChI is InChI=1S/C53H36O/c1-2-10-36(11-3-1)37-20-22-38(23-21-37)40-26-32-44(33-27-40)52(49-17-8-13-42-12-4-5-14-46(42)49)45-34-28-41(29-35-45)39-24-30-43(31-25-39)47-16-9-18-50-48-15-6-7-19-51(48)54-53(47)50/h1-35,52H. The van der Waals surface area contributed by atoms with Gasteiger partial charge in [-0.25, -0.2) is 0 Å². The molecule has 0 aliphatic rings. The van der Waals surface area contributed by atoms with Crippen LogP contribution < -0.4 is 0 Å². The first kappa shape index (κ1) is 31.7. The zero-order chi connectivity index (χ0) is 35.8. The van der Waals surface area contributed by atoms with Crippen molar-refractivity contribution < 1.29 is 4.42 Å². The molecule has 0 fully saturated rings. The molecular formula is C53H36O. The minimum absolute atomic E-state index is 0.0753. The van der Waals surface area contributed by atoms with E-state index in [9.17, 15) is 0 Å². The highest BCUT2D eigenvalue weighted by molar-refractivity contribution is 6.09. The zero-order valence-electron chi connectivity index (χ0n) is 29.7. The van der Waals surface area contributed by atoms with Crippen molar-refractivity contribution in [1.29, 1.82) is 0 Å². The first-order valence-corrected chi connectivity index (χ1v) is 18.6. The molecular weight excluding hydrogens is 653 g/mol. The van der Waals surface area contributed by atoms with E-state index in [2.05, 4.69) is 200 Å². The summed E-state index contributed by atoms with van der Waals surface area (Å²) in [6.07, 6.45) is 0. The second-order valence-electron chi connectivity index (χ2n) is 14.0. The molecule has 0 aliphatic heterocycles. The fraction of sp³-hybridized carbons (Fsp3) is 0.0189. The van der Waals surface area contributed by atoms with Crippen LogP contribution in [0.4, 0.5) is 0 Å². The number of furan rings is 1. The Morgan fingerprint density at radius 2 is 0.741 bits per heavy atom. The fourth-order valence-corrected chi connectivity index (χ4v) is 8.09. The molecule has 9 aromatic carbocycles. The number of benzene rings is 9. The lowest BCUT2D eigenvalue weighted by Crippen LogP contribution is -2.04. The van der Waals surface area contributed by atoms with Crippen LogP contribution in [0.3, 0.4) is 0 Å². The topological polar surface area (TPSA) is 13.1 Å². The highest BCUT2D eigenvalue weighted by atomic mass is 16.3. The van der Waals surface area contributed by atoms with Gasteiger partial charge in [-0.2, -0.15) is 0 Å². The molecule has 10 aromatic rings. The van der Waals surface area contributed by atoms with Crippen LogP contribution in [0.1, 0.15) is 22.6 Å². The fourth-order valence-electron chi connectivity index (χ4n) is 8.09. The normalized spacial score (nSPS) is 12.0. The highest BCUT2D eigenvalue weighted by Crippen LogP contribution is 2.39. The Morgan fingerprint density at radius 3 is 1.37 bits per heavy atom. The van der Waals surface area contributed by atoms with E-state index in [-0.39, 0.29) is 5.92 Å². The van der Waals surface area contributed by atoms with E-state index in [1.54, 1.807) is 0 Å². The van der Waals surface area contributed by atoms with Gasteiger partial charge < -0.3 is 4.42 Å². The van der Waals surface area contributed by atoms with Gasteiger partial charge in [0, 0.05) is 22.3 Å². The zero-order valence-corrected chi connectivity index (χ0v) is 29.7. The van der Waals surface area contributed by atoms with Crippen LogP contribution >= 0.6 is 0 Å². The lowest BCUT2D eigenvalue weighted by atomic mass is 9.82. The third-order valence-electron chi connectivity index (χ3n) is 10.9. The lowest BCUT2D eigenvalue weighted by Gasteiger charge is -2.22. The van der Waals surface area contributed by atoms with Crippen LogP contribution in [-0.4, -0.2) is 0 Å². The molecule has 54 heavy (non-hydrogen) atoms. The Morgan fingerprint density at radius 1 is 0.296 bits per heavy atom. The summed E-state index contributed by atoms with van der Waals surface area (Å²) in [5, 5.41) is 4.84. The van der Waals surface area contributed by atoms with E-state index < -0.39 is 0 Å². The van der Waals surface area contributed by atoms with Crippen molar-refractivity contribution >= 4 is 32.7 Å². The molecule has 1 heterocycles. The molecule has 1 heteroatoms. The molecule has 0 spiro atoms. The van der Waals surface area contributed by atoms with Gasteiger partial charge in [-0.3, -0.25) is 0 Å². The third-order valence-corrected chi connectivity index (χ3v) is 10.9. The average molecular weight is 689 g/mol. The van der Waals surface area contributed by atoms with E-state index in [1.165, 1.54) is 60.8 Å². The summed E-state index contributed by atoms with van der Waals surface area (Å²) < 4.78 is 6.34. The predicted octanol–water partition coefficient (Wildman–Crippen LogP) is 14.6. The molecule has 0 saturated heterocycles. The van der Waals surface area contributed by atoms with E-state index >= 15 is 0 Å². The molecule has 0 N–H and O–H groups in total. The van der Waals surface area contributed by atoms with Crippen molar-refractivity contribution in [3.63, 3.8) is 0 Å². The molecule has 0 aliphatic carbocycles. The summed E-state index contributed by atoms with van der Waals surface area (Å²) in [4.78, 5) is 0. The smallest absolute Gasteiger partial charge is 0.143 e. The molecule has 1 atom stereocenters. The minimum Gasteiger partial charge on any atom is -0.455 e. The molecule has 0 amide bonds. The van der Waals surface area contributed by atoms with E-state index in [4.69, 9.17) is 4.42 Å². The van der Waals surface area contributed by atoms with Gasteiger partial charge in [-0.05, 0) is 72.5 Å². The van der Waals surface area contributed by atoms with Gasteiger partial charge in [0.25, 0.3) is 0 Å². The van der Waals surface area contributed by atoms with E-state index in [0.29, 0.717) is 0 Å². The van der Waals surface area contributed by atoms with Crippen molar-refractivity contribution in [2.24, 2.45) is 0 Å². The molecule has 254 valence electrons. The molecule has 1 unspecified atom stereocenters. The molecule has 10 rings (SSSR count). The number of para-hydroxylation sites is 2. The van der Waals surface area contributed by atoms with Crippen molar-refractivity contribution in [2.75, 3.05) is 0 Å². The van der Waals surface area contributed by atoms with Crippen molar-refractivity contribution in [3.8, 4) is 44.5 Å². The summed E-state index contributed by atoms with van der Waals surface area (Å²) in [6, 6.07) is 76.7. The van der Waals surface area contributed by atoms with Gasteiger partial charge >= 0.3 is 0 Å². The van der Waals surface area contributed by atoms with Gasteiger partial charge in [-0.1, -0.05) is 206 Å². The summed E-state index contributed by atoms with van der Waals surface area (Å²) in [7, 11) is 0. The Bertz CT molecular complexity index is 2870. The Labute approximate surface area is 315 Å². The van der Waals surface area contributed by atoms with Crippen LogP contribution in [0.5, 0.6) is 0 Å². The second kappa shape index (κ2) is 13.5. The molecule has 0 bridgehead atoms. The van der Waals surface area contributed by atoms with Gasteiger partial charge in [0.1, 0.15) is 11.2 Å². The van der Waals surface area contributed by atoms with Gasteiger partial charge in [0.2, 0.25) is 0 Å². The van der Waals surface area contributed by atoms with Crippen LogP contribution in [0.15, 0.2) is 217 Å². The maximum Gasteiger partial charge on any atom is 0.143 e. The first-order chi connectivity index (χ1) is 26.8. The summed E-state index contributed by atoms with van der Waals surface area (Å²) >= 11 is 0. The number of fused-ring (bicyclic) bond motifs is 4. The van der Waals surface area contributed by atoms with Crippen molar-refractivity contribution in [2.45, 2.75) is 5.92 Å². The monoisotopic (exact) mass is 688 g/mol. The molecule has 0 saturated carbocycles.